The van der Waals surface area contributed by atoms with Gasteiger partial charge in [-0.2, -0.15) is 4.39 Å². The first-order valence-corrected chi connectivity index (χ1v) is 10.4. The third kappa shape index (κ3) is 3.62. The molecule has 0 bridgehead atoms. The molecule has 0 amide bonds. The van der Waals surface area contributed by atoms with Gasteiger partial charge in [0.25, 0.3) is 0 Å². The number of fused-ring (bicyclic) bond motifs is 1. The molecular formula is C19H22FN5O2S. The van der Waals surface area contributed by atoms with Crippen LogP contribution in [0.4, 0.5) is 10.1 Å². The van der Waals surface area contributed by atoms with E-state index in [1.807, 2.05) is 6.07 Å². The van der Waals surface area contributed by atoms with E-state index < -0.39 is 5.95 Å². The van der Waals surface area contributed by atoms with E-state index in [9.17, 15) is 4.39 Å². The summed E-state index contributed by atoms with van der Waals surface area (Å²) in [5.41, 5.74) is 2.06. The summed E-state index contributed by atoms with van der Waals surface area (Å²) in [5.74, 6) is 0.127. The van der Waals surface area contributed by atoms with E-state index in [-0.39, 0.29) is 0 Å². The molecule has 0 radical (unpaired) electrons. The Kier molecular flexibility index (Phi) is 4.98. The highest BCUT2D eigenvalue weighted by Crippen LogP contribution is 2.35. The van der Waals surface area contributed by atoms with Crippen LogP contribution in [-0.2, 0) is 16.0 Å². The summed E-state index contributed by atoms with van der Waals surface area (Å²) >= 11 is 1.79. The molecule has 2 aliphatic heterocycles. The molecule has 0 aliphatic carbocycles. The molecule has 2 aliphatic rings. The molecule has 5 rings (SSSR count). The number of aromatic nitrogens is 3. The van der Waals surface area contributed by atoms with Crippen LogP contribution in [0.15, 0.2) is 24.4 Å². The Morgan fingerprint density at radius 1 is 1.04 bits per heavy atom. The van der Waals surface area contributed by atoms with Crippen LogP contribution >= 0.6 is 11.3 Å². The highest BCUT2D eigenvalue weighted by atomic mass is 32.1. The van der Waals surface area contributed by atoms with Crippen molar-refractivity contribution < 1.29 is 13.9 Å². The van der Waals surface area contributed by atoms with Gasteiger partial charge in [-0.1, -0.05) is 0 Å². The maximum atomic E-state index is 13.4. The van der Waals surface area contributed by atoms with Gasteiger partial charge in [0.05, 0.1) is 42.3 Å². The molecule has 0 spiro atoms. The molecule has 7 nitrogen and oxygen atoms in total. The van der Waals surface area contributed by atoms with Crippen LogP contribution in [0.2, 0.25) is 0 Å². The molecule has 0 unspecified atom stereocenters. The van der Waals surface area contributed by atoms with Crippen LogP contribution in [0.3, 0.4) is 0 Å². The van der Waals surface area contributed by atoms with Crippen molar-refractivity contribution in [2.75, 3.05) is 57.5 Å². The lowest BCUT2D eigenvalue weighted by molar-refractivity contribution is 0.0346. The van der Waals surface area contributed by atoms with Gasteiger partial charge >= 0.3 is 0 Å². The van der Waals surface area contributed by atoms with Gasteiger partial charge in [-0.15, -0.1) is 16.4 Å². The number of ether oxygens (including phenoxy) is 2. The molecular weight excluding hydrogens is 381 g/mol. The van der Waals surface area contributed by atoms with Crippen molar-refractivity contribution in [1.82, 2.24) is 19.7 Å². The molecule has 0 saturated carbocycles. The number of pyridine rings is 1. The molecule has 148 valence electrons. The highest BCUT2D eigenvalue weighted by molar-refractivity contribution is 7.19. The average molecular weight is 403 g/mol. The van der Waals surface area contributed by atoms with Gasteiger partial charge in [-0.25, -0.2) is 9.67 Å². The zero-order valence-electron chi connectivity index (χ0n) is 15.5. The molecule has 0 atom stereocenters. The van der Waals surface area contributed by atoms with E-state index in [4.69, 9.17) is 14.5 Å². The van der Waals surface area contributed by atoms with Crippen LogP contribution in [-0.4, -0.2) is 72.3 Å². The number of rotatable bonds is 4. The average Bonchev–Trinajstić information content (AvgIpc) is 3.34. The fraction of sp³-hybridized carbons (Fsp3) is 0.474. The van der Waals surface area contributed by atoms with Crippen molar-refractivity contribution >= 4 is 27.2 Å². The van der Waals surface area contributed by atoms with Gasteiger partial charge in [-0.3, -0.25) is 4.90 Å². The lowest BCUT2D eigenvalue weighted by atomic mass is 10.2. The van der Waals surface area contributed by atoms with Gasteiger partial charge in [0.15, 0.2) is 5.82 Å². The zero-order valence-corrected chi connectivity index (χ0v) is 16.3. The number of hydrogen-bond donors (Lipinski definition) is 0. The van der Waals surface area contributed by atoms with Crippen LogP contribution in [0.1, 0.15) is 4.88 Å². The van der Waals surface area contributed by atoms with E-state index in [0.717, 1.165) is 57.1 Å². The first kappa shape index (κ1) is 18.0. The van der Waals surface area contributed by atoms with Gasteiger partial charge in [0.1, 0.15) is 0 Å². The van der Waals surface area contributed by atoms with Crippen LogP contribution in [0.25, 0.3) is 16.0 Å². The second-order valence-corrected chi connectivity index (χ2v) is 8.13. The number of halogens is 1. The van der Waals surface area contributed by atoms with E-state index in [1.54, 1.807) is 17.5 Å². The van der Waals surface area contributed by atoms with Gasteiger partial charge in [-0.05, 0) is 6.07 Å². The van der Waals surface area contributed by atoms with Gasteiger partial charge < -0.3 is 14.4 Å². The molecule has 5 heterocycles. The Hall–Kier alpha value is -2.07. The number of morpholine rings is 2. The minimum atomic E-state index is -0.506. The van der Waals surface area contributed by atoms with E-state index in [0.29, 0.717) is 19.0 Å². The maximum Gasteiger partial charge on any atom is 0.233 e. The predicted octanol–water partition coefficient (Wildman–Crippen LogP) is 2.29. The van der Waals surface area contributed by atoms with Crippen molar-refractivity contribution in [2.24, 2.45) is 0 Å². The van der Waals surface area contributed by atoms with Crippen molar-refractivity contribution in [3.05, 3.63) is 35.2 Å². The Morgan fingerprint density at radius 3 is 2.50 bits per heavy atom. The molecule has 3 aromatic heterocycles. The van der Waals surface area contributed by atoms with Crippen molar-refractivity contribution in [3.63, 3.8) is 0 Å². The molecule has 2 saturated heterocycles. The minimum absolute atomic E-state index is 0.506. The summed E-state index contributed by atoms with van der Waals surface area (Å²) in [6, 6.07) is 5.51. The Morgan fingerprint density at radius 2 is 1.79 bits per heavy atom. The van der Waals surface area contributed by atoms with Crippen molar-refractivity contribution in [1.29, 1.82) is 0 Å². The van der Waals surface area contributed by atoms with Crippen LogP contribution in [0.5, 0.6) is 0 Å². The largest absolute Gasteiger partial charge is 0.379 e. The van der Waals surface area contributed by atoms with E-state index in [1.165, 1.54) is 20.3 Å². The quantitative estimate of drug-likeness (QED) is 0.666. The standard InChI is InChI=1S/C19H22FN5O2S/c20-17-1-2-25(22-17)18-12-16(24-5-9-27-10-6-24)19-15(21-18)11-14(28-19)13-23-3-7-26-8-4-23/h1-2,11-12H,3-10,13H2. The number of thiophene rings is 1. The smallest absolute Gasteiger partial charge is 0.233 e. The fourth-order valence-corrected chi connectivity index (χ4v) is 4.87. The van der Waals surface area contributed by atoms with Crippen LogP contribution in [0, 0.1) is 5.95 Å². The Bertz CT molecular complexity index is 963. The Labute approximate surface area is 166 Å². The molecule has 28 heavy (non-hydrogen) atoms. The van der Waals surface area contributed by atoms with E-state index >= 15 is 0 Å². The summed E-state index contributed by atoms with van der Waals surface area (Å²) in [6.07, 6.45) is 1.60. The van der Waals surface area contributed by atoms with Crippen molar-refractivity contribution in [3.8, 4) is 5.82 Å². The molecule has 9 heteroatoms. The van der Waals surface area contributed by atoms with Gasteiger partial charge in [0, 0.05) is 55.9 Å². The fourth-order valence-electron chi connectivity index (χ4n) is 3.68. The lowest BCUT2D eigenvalue weighted by Crippen LogP contribution is -2.36. The summed E-state index contributed by atoms with van der Waals surface area (Å²) in [6.45, 7) is 7.48. The molecule has 0 N–H and O–H groups in total. The second kappa shape index (κ2) is 7.75. The summed E-state index contributed by atoms with van der Waals surface area (Å²) < 4.78 is 27.1. The SMILES string of the molecule is Fc1ccn(-c2cc(N3CCOCC3)c3sc(CN4CCOCC4)cc3n2)n1. The van der Waals surface area contributed by atoms with Gasteiger partial charge in [0.2, 0.25) is 5.95 Å². The predicted molar refractivity (Wildman–Crippen MR) is 106 cm³/mol. The van der Waals surface area contributed by atoms with Crippen molar-refractivity contribution in [2.45, 2.75) is 6.54 Å². The topological polar surface area (TPSA) is 55.7 Å². The third-order valence-corrected chi connectivity index (χ3v) is 6.25. The third-order valence-electron chi connectivity index (χ3n) is 5.12. The molecule has 2 fully saturated rings. The minimum Gasteiger partial charge on any atom is -0.379 e. The normalized spacial score (nSPS) is 18.8. The summed E-state index contributed by atoms with van der Waals surface area (Å²) in [7, 11) is 0. The molecule has 3 aromatic rings. The summed E-state index contributed by atoms with van der Waals surface area (Å²) in [5, 5.41) is 3.90. The maximum absolute atomic E-state index is 13.4. The Balaban J connectivity index is 1.54. The number of anilines is 1. The monoisotopic (exact) mass is 403 g/mol. The zero-order chi connectivity index (χ0) is 18.9. The molecule has 0 aromatic carbocycles. The highest BCUT2D eigenvalue weighted by Gasteiger charge is 2.20. The second-order valence-electron chi connectivity index (χ2n) is 7.00. The lowest BCUT2D eigenvalue weighted by Gasteiger charge is -2.29. The number of nitrogens with zero attached hydrogens (tertiary/aromatic N) is 5. The first-order valence-electron chi connectivity index (χ1n) is 9.54. The number of hydrogen-bond acceptors (Lipinski definition) is 7. The van der Waals surface area contributed by atoms with E-state index in [2.05, 4.69) is 21.0 Å². The summed E-state index contributed by atoms with van der Waals surface area (Å²) in [4.78, 5) is 10.8. The van der Waals surface area contributed by atoms with Crippen LogP contribution < -0.4 is 4.90 Å². The first-order chi connectivity index (χ1) is 13.8.